The molecule has 0 aliphatic rings. The number of hydrogen-bond acceptors (Lipinski definition) is 6. The predicted octanol–water partition coefficient (Wildman–Crippen LogP) is 2.49. The quantitative estimate of drug-likeness (QED) is 0.556. The molecular formula is C20H17N7O. The maximum Gasteiger partial charge on any atom is 0.239 e. The lowest BCUT2D eigenvalue weighted by atomic mass is 10.1. The number of primary amides is 1. The Balaban J connectivity index is 1.91. The van der Waals surface area contributed by atoms with E-state index in [1.807, 2.05) is 31.2 Å². The highest BCUT2D eigenvalue weighted by Gasteiger charge is 2.19. The Morgan fingerprint density at radius 1 is 1.21 bits per heavy atom. The second kappa shape index (κ2) is 6.96. The highest BCUT2D eigenvalue weighted by Crippen LogP contribution is 2.24. The van der Waals surface area contributed by atoms with Crippen molar-refractivity contribution >= 4 is 28.4 Å². The van der Waals surface area contributed by atoms with Gasteiger partial charge in [0.1, 0.15) is 6.04 Å². The molecule has 8 nitrogen and oxygen atoms in total. The molecule has 4 aromatic rings. The fourth-order valence-corrected chi connectivity index (χ4v) is 3.00. The Kier molecular flexibility index (Phi) is 4.33. The standard InChI is InChI=1S/C20H17N7O/c1-2-15(17(22)28)23-20-24-16-6-4-3-5-14(16)19-25-18(26-27(19)20)13-9-7-12(11-21)8-10-13/h3-10,15H,2H2,1H3,(H2,22,28)(H,23,24)/t15-/m1/s1. The van der Waals surface area contributed by atoms with Crippen LogP contribution in [0, 0.1) is 11.3 Å². The van der Waals surface area contributed by atoms with Gasteiger partial charge in [0.15, 0.2) is 11.5 Å². The lowest BCUT2D eigenvalue weighted by molar-refractivity contribution is -0.118. The van der Waals surface area contributed by atoms with Crippen LogP contribution in [0.3, 0.4) is 0 Å². The minimum atomic E-state index is -0.570. The summed E-state index contributed by atoms with van der Waals surface area (Å²) in [4.78, 5) is 21.0. The van der Waals surface area contributed by atoms with E-state index in [0.29, 0.717) is 29.4 Å². The molecule has 2 aromatic heterocycles. The maximum absolute atomic E-state index is 11.7. The molecule has 0 radical (unpaired) electrons. The minimum absolute atomic E-state index is 0.395. The van der Waals surface area contributed by atoms with E-state index < -0.39 is 11.9 Å². The monoisotopic (exact) mass is 371 g/mol. The molecule has 0 unspecified atom stereocenters. The highest BCUT2D eigenvalue weighted by atomic mass is 16.1. The number of nitrogens with two attached hydrogens (primary N) is 1. The van der Waals surface area contributed by atoms with Crippen molar-refractivity contribution in [3.05, 3.63) is 54.1 Å². The summed E-state index contributed by atoms with van der Waals surface area (Å²) < 4.78 is 1.58. The number of fused-ring (bicyclic) bond motifs is 3. The number of carbonyl (C=O) groups is 1. The first-order valence-electron chi connectivity index (χ1n) is 8.82. The Labute approximate surface area is 160 Å². The summed E-state index contributed by atoms with van der Waals surface area (Å²) in [6, 6.07) is 16.2. The predicted molar refractivity (Wildman–Crippen MR) is 105 cm³/mol. The van der Waals surface area contributed by atoms with E-state index in [9.17, 15) is 4.79 Å². The second-order valence-electron chi connectivity index (χ2n) is 6.32. The van der Waals surface area contributed by atoms with Gasteiger partial charge in [0.05, 0.1) is 17.1 Å². The number of rotatable bonds is 5. The zero-order chi connectivity index (χ0) is 19.7. The number of carbonyl (C=O) groups excluding carboxylic acids is 1. The van der Waals surface area contributed by atoms with Crippen molar-refractivity contribution in [3.8, 4) is 17.5 Å². The third kappa shape index (κ3) is 2.99. The topological polar surface area (TPSA) is 122 Å². The van der Waals surface area contributed by atoms with Gasteiger partial charge < -0.3 is 11.1 Å². The lowest BCUT2D eigenvalue weighted by Gasteiger charge is -2.15. The van der Waals surface area contributed by atoms with Crippen molar-refractivity contribution in [3.63, 3.8) is 0 Å². The van der Waals surface area contributed by atoms with Crippen LogP contribution in [0.2, 0.25) is 0 Å². The summed E-state index contributed by atoms with van der Waals surface area (Å²) >= 11 is 0. The van der Waals surface area contributed by atoms with Gasteiger partial charge in [0.2, 0.25) is 11.9 Å². The van der Waals surface area contributed by atoms with Crippen LogP contribution in [0.15, 0.2) is 48.5 Å². The molecule has 1 atom stereocenters. The minimum Gasteiger partial charge on any atom is -0.368 e. The van der Waals surface area contributed by atoms with Crippen LogP contribution in [0.25, 0.3) is 27.9 Å². The molecule has 0 spiro atoms. The van der Waals surface area contributed by atoms with Crippen molar-refractivity contribution < 1.29 is 4.79 Å². The van der Waals surface area contributed by atoms with Crippen LogP contribution in [-0.2, 0) is 4.79 Å². The average Bonchev–Trinajstić information content (AvgIpc) is 3.17. The van der Waals surface area contributed by atoms with Crippen molar-refractivity contribution in [1.82, 2.24) is 19.6 Å². The van der Waals surface area contributed by atoms with Gasteiger partial charge in [0.25, 0.3) is 0 Å². The molecule has 8 heteroatoms. The third-order valence-corrected chi connectivity index (χ3v) is 4.51. The zero-order valence-corrected chi connectivity index (χ0v) is 15.1. The fraction of sp³-hybridized carbons (Fsp3) is 0.150. The Bertz CT molecular complexity index is 1220. The number of amides is 1. The Morgan fingerprint density at radius 3 is 2.64 bits per heavy atom. The van der Waals surface area contributed by atoms with E-state index in [0.717, 1.165) is 16.5 Å². The first-order valence-corrected chi connectivity index (χ1v) is 8.82. The molecule has 0 saturated carbocycles. The van der Waals surface area contributed by atoms with Gasteiger partial charge in [-0.1, -0.05) is 19.1 Å². The van der Waals surface area contributed by atoms with Crippen LogP contribution in [-0.4, -0.2) is 31.5 Å². The van der Waals surface area contributed by atoms with E-state index in [2.05, 4.69) is 26.5 Å². The number of anilines is 1. The Hall–Kier alpha value is -3.99. The summed E-state index contributed by atoms with van der Waals surface area (Å²) in [5.74, 6) is 0.433. The third-order valence-electron chi connectivity index (χ3n) is 4.51. The normalized spacial score (nSPS) is 12.0. The van der Waals surface area contributed by atoms with Gasteiger partial charge in [-0.15, -0.1) is 5.10 Å². The number of para-hydroxylation sites is 1. The number of aromatic nitrogens is 4. The molecule has 0 bridgehead atoms. The van der Waals surface area contributed by atoms with Gasteiger partial charge in [-0.05, 0) is 42.8 Å². The van der Waals surface area contributed by atoms with Crippen molar-refractivity contribution in [2.75, 3.05) is 5.32 Å². The largest absolute Gasteiger partial charge is 0.368 e. The number of benzene rings is 2. The SMILES string of the molecule is CC[C@@H](Nc1nc2ccccc2c2nc(-c3ccc(C#N)cc3)nn12)C(N)=O. The fourth-order valence-electron chi connectivity index (χ4n) is 3.00. The molecule has 138 valence electrons. The van der Waals surface area contributed by atoms with Crippen LogP contribution in [0.1, 0.15) is 18.9 Å². The molecule has 0 aliphatic heterocycles. The second-order valence-corrected chi connectivity index (χ2v) is 6.32. The molecule has 28 heavy (non-hydrogen) atoms. The van der Waals surface area contributed by atoms with Crippen LogP contribution in [0.5, 0.6) is 0 Å². The zero-order valence-electron chi connectivity index (χ0n) is 15.1. The molecule has 0 aliphatic carbocycles. The number of nitrogens with one attached hydrogen (secondary N) is 1. The van der Waals surface area contributed by atoms with Crippen molar-refractivity contribution in [1.29, 1.82) is 5.26 Å². The van der Waals surface area contributed by atoms with E-state index in [-0.39, 0.29) is 0 Å². The van der Waals surface area contributed by atoms with Crippen LogP contribution < -0.4 is 11.1 Å². The van der Waals surface area contributed by atoms with E-state index >= 15 is 0 Å². The van der Waals surface area contributed by atoms with Gasteiger partial charge in [-0.25, -0.2) is 9.97 Å². The summed E-state index contributed by atoms with van der Waals surface area (Å²) in [5.41, 5.74) is 8.17. The van der Waals surface area contributed by atoms with Crippen molar-refractivity contribution in [2.45, 2.75) is 19.4 Å². The molecule has 4 rings (SSSR count). The maximum atomic E-state index is 11.7. The average molecular weight is 371 g/mol. The molecule has 2 heterocycles. The molecule has 0 fully saturated rings. The summed E-state index contributed by atoms with van der Waals surface area (Å²) in [6.45, 7) is 1.87. The first kappa shape index (κ1) is 17.4. The summed E-state index contributed by atoms with van der Waals surface area (Å²) in [5, 5.41) is 17.5. The van der Waals surface area contributed by atoms with Gasteiger partial charge in [-0.3, -0.25) is 4.79 Å². The van der Waals surface area contributed by atoms with Crippen LogP contribution in [0.4, 0.5) is 5.95 Å². The van der Waals surface area contributed by atoms with Gasteiger partial charge in [-0.2, -0.15) is 9.78 Å². The van der Waals surface area contributed by atoms with E-state index in [1.54, 1.807) is 28.8 Å². The van der Waals surface area contributed by atoms with E-state index in [4.69, 9.17) is 11.0 Å². The highest BCUT2D eigenvalue weighted by molar-refractivity contribution is 5.93. The van der Waals surface area contributed by atoms with E-state index in [1.165, 1.54) is 0 Å². The first-order chi connectivity index (χ1) is 13.6. The smallest absolute Gasteiger partial charge is 0.239 e. The summed E-state index contributed by atoms with van der Waals surface area (Å²) in [6.07, 6.45) is 0.516. The molecule has 2 aromatic carbocycles. The molecule has 1 amide bonds. The van der Waals surface area contributed by atoms with Gasteiger partial charge >= 0.3 is 0 Å². The molecule has 0 saturated heterocycles. The number of hydrogen-bond donors (Lipinski definition) is 2. The van der Waals surface area contributed by atoms with Crippen molar-refractivity contribution in [2.24, 2.45) is 5.73 Å². The van der Waals surface area contributed by atoms with Crippen LogP contribution >= 0.6 is 0 Å². The molecular weight excluding hydrogens is 354 g/mol. The molecule has 3 N–H and O–H groups in total. The lowest BCUT2D eigenvalue weighted by Crippen LogP contribution is -2.35. The number of nitrogens with zero attached hydrogens (tertiary/aromatic N) is 5. The summed E-state index contributed by atoms with van der Waals surface area (Å²) in [7, 11) is 0. The number of nitriles is 1. The Morgan fingerprint density at radius 2 is 1.96 bits per heavy atom. The van der Waals surface area contributed by atoms with Gasteiger partial charge in [0, 0.05) is 10.9 Å².